The minimum Gasteiger partial charge on any atom is -0.398 e. The monoisotopic (exact) mass is 244 g/mol. The van der Waals surface area contributed by atoms with Crippen molar-refractivity contribution < 1.29 is 0 Å². The van der Waals surface area contributed by atoms with E-state index in [1.165, 1.54) is 0 Å². The standard InChI is InChI=1S/C14H20N4/c1-17(2)9-10-18-8-7-16-14(18)11-12-5-3-4-6-13(12)15/h3-8H,9-11,15H2,1-2H3. The van der Waals surface area contributed by atoms with Gasteiger partial charge in [0.15, 0.2) is 0 Å². The molecule has 0 unspecified atom stereocenters. The van der Waals surface area contributed by atoms with Crippen LogP contribution in [0.1, 0.15) is 11.4 Å². The third kappa shape index (κ3) is 3.11. The molecule has 1 heterocycles. The predicted molar refractivity (Wildman–Crippen MR) is 74.4 cm³/mol. The number of hydrogen-bond acceptors (Lipinski definition) is 3. The first-order valence-corrected chi connectivity index (χ1v) is 6.15. The van der Waals surface area contributed by atoms with E-state index in [9.17, 15) is 0 Å². The van der Waals surface area contributed by atoms with Gasteiger partial charge in [0.1, 0.15) is 5.82 Å². The summed E-state index contributed by atoms with van der Waals surface area (Å²) in [5.74, 6) is 1.06. The highest BCUT2D eigenvalue weighted by molar-refractivity contribution is 5.47. The summed E-state index contributed by atoms with van der Waals surface area (Å²) in [7, 11) is 4.15. The number of likely N-dealkylation sites (N-methyl/N-ethyl adjacent to an activating group) is 1. The molecule has 0 saturated carbocycles. The highest BCUT2D eigenvalue weighted by Gasteiger charge is 2.06. The number of hydrogen-bond donors (Lipinski definition) is 1. The van der Waals surface area contributed by atoms with Crippen LogP contribution in [-0.2, 0) is 13.0 Å². The molecule has 0 aliphatic carbocycles. The Morgan fingerprint density at radius 3 is 2.78 bits per heavy atom. The van der Waals surface area contributed by atoms with Crippen LogP contribution in [0.2, 0.25) is 0 Å². The summed E-state index contributed by atoms with van der Waals surface area (Å²) in [6.45, 7) is 1.96. The van der Waals surface area contributed by atoms with Crippen LogP contribution in [0, 0.1) is 0 Å². The molecule has 2 N–H and O–H groups in total. The van der Waals surface area contributed by atoms with Crippen LogP contribution in [0.15, 0.2) is 36.7 Å². The molecule has 0 aliphatic rings. The van der Waals surface area contributed by atoms with Crippen LogP contribution < -0.4 is 5.73 Å². The number of para-hydroxylation sites is 1. The van der Waals surface area contributed by atoms with Crippen molar-refractivity contribution in [1.82, 2.24) is 14.5 Å². The van der Waals surface area contributed by atoms with E-state index in [1.807, 2.05) is 30.6 Å². The Balaban J connectivity index is 2.10. The first kappa shape index (κ1) is 12.6. The topological polar surface area (TPSA) is 47.1 Å². The number of aromatic nitrogens is 2. The Morgan fingerprint density at radius 2 is 2.06 bits per heavy atom. The molecule has 2 aromatic rings. The molecule has 0 amide bonds. The van der Waals surface area contributed by atoms with Gasteiger partial charge in [-0.05, 0) is 25.7 Å². The van der Waals surface area contributed by atoms with Crippen LogP contribution >= 0.6 is 0 Å². The smallest absolute Gasteiger partial charge is 0.113 e. The summed E-state index contributed by atoms with van der Waals surface area (Å²) in [5.41, 5.74) is 7.93. The maximum absolute atomic E-state index is 5.96. The molecule has 1 aromatic heterocycles. The Labute approximate surface area is 108 Å². The maximum atomic E-state index is 5.96. The van der Waals surface area contributed by atoms with Crippen LogP contribution in [0.3, 0.4) is 0 Å². The first-order chi connectivity index (χ1) is 8.66. The number of rotatable bonds is 5. The lowest BCUT2D eigenvalue weighted by molar-refractivity contribution is 0.381. The van der Waals surface area contributed by atoms with E-state index in [-0.39, 0.29) is 0 Å². The fourth-order valence-corrected chi connectivity index (χ4v) is 1.88. The summed E-state index contributed by atoms with van der Waals surface area (Å²) in [4.78, 5) is 6.59. The molecule has 0 radical (unpaired) electrons. The number of benzene rings is 1. The quantitative estimate of drug-likeness (QED) is 0.813. The third-order valence-corrected chi connectivity index (χ3v) is 2.99. The Hall–Kier alpha value is -1.81. The van der Waals surface area contributed by atoms with Crippen molar-refractivity contribution in [3.05, 3.63) is 48.0 Å². The average molecular weight is 244 g/mol. The zero-order valence-corrected chi connectivity index (χ0v) is 11.0. The van der Waals surface area contributed by atoms with Gasteiger partial charge in [0.05, 0.1) is 0 Å². The molecule has 0 atom stereocenters. The fourth-order valence-electron chi connectivity index (χ4n) is 1.88. The largest absolute Gasteiger partial charge is 0.398 e. The number of nitrogen functional groups attached to an aromatic ring is 1. The van der Waals surface area contributed by atoms with Crippen molar-refractivity contribution in [2.45, 2.75) is 13.0 Å². The van der Waals surface area contributed by atoms with Gasteiger partial charge in [-0.1, -0.05) is 18.2 Å². The van der Waals surface area contributed by atoms with Crippen molar-refractivity contribution >= 4 is 5.69 Å². The molecule has 0 saturated heterocycles. The van der Waals surface area contributed by atoms with Gasteiger partial charge >= 0.3 is 0 Å². The van der Waals surface area contributed by atoms with Crippen LogP contribution in [0.4, 0.5) is 5.69 Å². The number of imidazole rings is 1. The molecule has 0 aliphatic heterocycles. The predicted octanol–water partition coefficient (Wildman–Crippen LogP) is 1.62. The molecule has 0 spiro atoms. The van der Waals surface area contributed by atoms with Gasteiger partial charge in [0.25, 0.3) is 0 Å². The summed E-state index contributed by atoms with van der Waals surface area (Å²) in [6.07, 6.45) is 4.66. The Bertz CT molecular complexity index is 502. The van der Waals surface area contributed by atoms with Crippen molar-refractivity contribution in [1.29, 1.82) is 0 Å². The van der Waals surface area contributed by atoms with Gasteiger partial charge < -0.3 is 15.2 Å². The first-order valence-electron chi connectivity index (χ1n) is 6.15. The normalized spacial score (nSPS) is 11.1. The molecule has 4 heteroatoms. The SMILES string of the molecule is CN(C)CCn1ccnc1Cc1ccccc1N. The second-order valence-electron chi connectivity index (χ2n) is 4.72. The molecule has 96 valence electrons. The van der Waals surface area contributed by atoms with E-state index in [0.29, 0.717) is 0 Å². The molecular weight excluding hydrogens is 224 g/mol. The number of anilines is 1. The maximum Gasteiger partial charge on any atom is 0.113 e. The highest BCUT2D eigenvalue weighted by Crippen LogP contribution is 2.15. The highest BCUT2D eigenvalue weighted by atomic mass is 15.1. The van der Waals surface area contributed by atoms with E-state index in [1.54, 1.807) is 0 Å². The summed E-state index contributed by atoms with van der Waals surface area (Å²) >= 11 is 0. The second-order valence-corrected chi connectivity index (χ2v) is 4.72. The van der Waals surface area contributed by atoms with Crippen LogP contribution in [-0.4, -0.2) is 35.1 Å². The lowest BCUT2D eigenvalue weighted by atomic mass is 10.1. The van der Waals surface area contributed by atoms with Crippen LogP contribution in [0.25, 0.3) is 0 Å². The van der Waals surface area contributed by atoms with Gasteiger partial charge in [0, 0.05) is 37.6 Å². The second kappa shape index (κ2) is 5.69. The summed E-state index contributed by atoms with van der Waals surface area (Å²) in [6, 6.07) is 7.96. The van der Waals surface area contributed by atoms with Gasteiger partial charge in [0.2, 0.25) is 0 Å². The molecule has 1 aromatic carbocycles. The molecular formula is C14H20N4. The lowest BCUT2D eigenvalue weighted by Gasteiger charge is -2.12. The summed E-state index contributed by atoms with van der Waals surface area (Å²) in [5, 5.41) is 0. The minimum atomic E-state index is 0.785. The van der Waals surface area contributed by atoms with E-state index in [4.69, 9.17) is 5.73 Å². The van der Waals surface area contributed by atoms with Gasteiger partial charge in [-0.25, -0.2) is 4.98 Å². The lowest BCUT2D eigenvalue weighted by Crippen LogP contribution is -2.19. The third-order valence-electron chi connectivity index (χ3n) is 2.99. The van der Waals surface area contributed by atoms with Crippen LogP contribution in [0.5, 0.6) is 0 Å². The average Bonchev–Trinajstić information content (AvgIpc) is 2.77. The van der Waals surface area contributed by atoms with Gasteiger partial charge in [-0.3, -0.25) is 0 Å². The van der Waals surface area contributed by atoms with Gasteiger partial charge in [-0.15, -0.1) is 0 Å². The van der Waals surface area contributed by atoms with Crippen molar-refractivity contribution in [3.63, 3.8) is 0 Å². The van der Waals surface area contributed by atoms with Crippen molar-refractivity contribution in [3.8, 4) is 0 Å². The zero-order valence-electron chi connectivity index (χ0n) is 11.0. The van der Waals surface area contributed by atoms with Crippen molar-refractivity contribution in [2.24, 2.45) is 0 Å². The molecule has 0 fully saturated rings. The van der Waals surface area contributed by atoms with E-state index in [0.717, 1.165) is 36.6 Å². The molecule has 4 nitrogen and oxygen atoms in total. The number of nitrogens with two attached hydrogens (primary N) is 1. The van der Waals surface area contributed by atoms with E-state index >= 15 is 0 Å². The molecule has 2 rings (SSSR count). The van der Waals surface area contributed by atoms with E-state index in [2.05, 4.69) is 34.6 Å². The Kier molecular flexibility index (Phi) is 3.99. The Morgan fingerprint density at radius 1 is 1.28 bits per heavy atom. The van der Waals surface area contributed by atoms with E-state index < -0.39 is 0 Å². The minimum absolute atomic E-state index is 0.785. The molecule has 18 heavy (non-hydrogen) atoms. The zero-order chi connectivity index (χ0) is 13.0. The molecule has 0 bridgehead atoms. The van der Waals surface area contributed by atoms with Crippen molar-refractivity contribution in [2.75, 3.05) is 26.4 Å². The fraction of sp³-hybridized carbons (Fsp3) is 0.357. The summed E-state index contributed by atoms with van der Waals surface area (Å²) < 4.78 is 2.19. The number of nitrogens with zero attached hydrogens (tertiary/aromatic N) is 3. The van der Waals surface area contributed by atoms with Gasteiger partial charge in [-0.2, -0.15) is 0 Å².